The smallest absolute Gasteiger partial charge is 0.244 e. The van der Waals surface area contributed by atoms with Crippen molar-refractivity contribution in [2.45, 2.75) is 11.8 Å². The van der Waals surface area contributed by atoms with E-state index >= 15 is 0 Å². The largest absolute Gasteiger partial charge is 0.398 e. The molecule has 6 heteroatoms. The summed E-state index contributed by atoms with van der Waals surface area (Å²) >= 11 is 5.86. The molecule has 15 heavy (non-hydrogen) atoms. The molecule has 0 atom stereocenters. The second-order valence-electron chi connectivity index (χ2n) is 3.43. The second-order valence-corrected chi connectivity index (χ2v) is 5.95. The lowest BCUT2D eigenvalue weighted by Crippen LogP contribution is -2.23. The zero-order valence-electron chi connectivity index (χ0n) is 8.78. The summed E-state index contributed by atoms with van der Waals surface area (Å²) in [6, 6.07) is 2.93. The summed E-state index contributed by atoms with van der Waals surface area (Å²) in [6.45, 7) is 1.77. The maximum absolute atomic E-state index is 11.8. The third kappa shape index (κ3) is 2.25. The molecule has 0 unspecified atom stereocenters. The SMILES string of the molecule is Cc1cc(N)c(S(=O)(=O)N(C)C)cc1Cl. The number of nitrogen functional groups attached to an aromatic ring is 1. The van der Waals surface area contributed by atoms with Crippen molar-refractivity contribution in [3.63, 3.8) is 0 Å². The highest BCUT2D eigenvalue weighted by molar-refractivity contribution is 7.89. The van der Waals surface area contributed by atoms with Crippen LogP contribution in [-0.4, -0.2) is 26.8 Å². The summed E-state index contributed by atoms with van der Waals surface area (Å²) in [5, 5.41) is 0.393. The van der Waals surface area contributed by atoms with Crippen molar-refractivity contribution in [1.82, 2.24) is 4.31 Å². The van der Waals surface area contributed by atoms with Crippen LogP contribution in [0.15, 0.2) is 17.0 Å². The van der Waals surface area contributed by atoms with Gasteiger partial charge in [0.2, 0.25) is 10.0 Å². The van der Waals surface area contributed by atoms with E-state index in [1.165, 1.54) is 20.2 Å². The molecule has 0 aliphatic heterocycles. The van der Waals surface area contributed by atoms with Crippen LogP contribution in [0.4, 0.5) is 5.69 Å². The van der Waals surface area contributed by atoms with Crippen molar-refractivity contribution < 1.29 is 8.42 Å². The van der Waals surface area contributed by atoms with E-state index in [1.807, 2.05) is 0 Å². The molecule has 4 nitrogen and oxygen atoms in total. The molecule has 1 aromatic carbocycles. The topological polar surface area (TPSA) is 63.4 Å². The van der Waals surface area contributed by atoms with E-state index < -0.39 is 10.0 Å². The van der Waals surface area contributed by atoms with Crippen LogP contribution < -0.4 is 5.73 Å². The molecule has 0 heterocycles. The van der Waals surface area contributed by atoms with Gasteiger partial charge in [-0.3, -0.25) is 0 Å². The Morgan fingerprint density at radius 3 is 2.33 bits per heavy atom. The zero-order chi connectivity index (χ0) is 11.8. The number of rotatable bonds is 2. The number of nitrogens with zero attached hydrogens (tertiary/aromatic N) is 1. The Morgan fingerprint density at radius 2 is 1.87 bits per heavy atom. The lowest BCUT2D eigenvalue weighted by Gasteiger charge is -2.14. The Labute approximate surface area is 94.7 Å². The molecule has 0 saturated carbocycles. The van der Waals surface area contributed by atoms with Crippen LogP contribution in [0.2, 0.25) is 5.02 Å². The average Bonchev–Trinajstić information content (AvgIpc) is 2.10. The van der Waals surface area contributed by atoms with Gasteiger partial charge in [0, 0.05) is 19.1 Å². The molecule has 0 bridgehead atoms. The first kappa shape index (κ1) is 12.3. The molecule has 0 amide bonds. The van der Waals surface area contributed by atoms with E-state index in [0.717, 1.165) is 9.87 Å². The lowest BCUT2D eigenvalue weighted by molar-refractivity contribution is 0.521. The van der Waals surface area contributed by atoms with Gasteiger partial charge in [-0.15, -0.1) is 0 Å². The molecule has 0 saturated heterocycles. The quantitative estimate of drug-likeness (QED) is 0.807. The molecule has 0 aliphatic carbocycles. The second kappa shape index (κ2) is 4.00. The standard InChI is InChI=1S/C9H13ClN2O2S/c1-6-4-8(11)9(5-7(6)10)15(13,14)12(2)3/h4-5H,11H2,1-3H3. The Kier molecular flexibility index (Phi) is 3.28. The summed E-state index contributed by atoms with van der Waals surface area (Å²) in [5.41, 5.74) is 6.62. The van der Waals surface area contributed by atoms with E-state index in [4.69, 9.17) is 17.3 Å². The summed E-state index contributed by atoms with van der Waals surface area (Å²) in [4.78, 5) is 0.0445. The third-order valence-electron chi connectivity index (χ3n) is 2.05. The van der Waals surface area contributed by atoms with E-state index in [0.29, 0.717) is 5.02 Å². The normalized spacial score (nSPS) is 12.1. The Hall–Kier alpha value is -0.780. The minimum Gasteiger partial charge on any atom is -0.398 e. The maximum atomic E-state index is 11.8. The van der Waals surface area contributed by atoms with Crippen molar-refractivity contribution in [3.8, 4) is 0 Å². The number of nitrogens with two attached hydrogens (primary N) is 1. The molecule has 0 aromatic heterocycles. The van der Waals surface area contributed by atoms with Crippen LogP contribution in [-0.2, 0) is 10.0 Å². The van der Waals surface area contributed by atoms with Crippen molar-refractivity contribution in [2.75, 3.05) is 19.8 Å². The fourth-order valence-electron chi connectivity index (χ4n) is 1.11. The van der Waals surface area contributed by atoms with Gasteiger partial charge in [0.15, 0.2) is 0 Å². The molecule has 2 N–H and O–H groups in total. The van der Waals surface area contributed by atoms with Crippen LogP contribution in [0.1, 0.15) is 5.56 Å². The van der Waals surface area contributed by atoms with Gasteiger partial charge in [0.05, 0.1) is 5.69 Å². The summed E-state index contributed by atoms with van der Waals surface area (Å²) in [6.07, 6.45) is 0. The Bertz CT molecular complexity index is 483. The molecule has 0 radical (unpaired) electrons. The Morgan fingerprint density at radius 1 is 1.33 bits per heavy atom. The average molecular weight is 249 g/mol. The van der Waals surface area contributed by atoms with Crippen LogP contribution in [0.25, 0.3) is 0 Å². The summed E-state index contributed by atoms with van der Waals surface area (Å²) in [7, 11) is -0.629. The summed E-state index contributed by atoms with van der Waals surface area (Å²) < 4.78 is 24.7. The molecule has 1 rings (SSSR count). The number of benzene rings is 1. The van der Waals surface area contributed by atoms with Gasteiger partial charge in [-0.25, -0.2) is 12.7 Å². The predicted molar refractivity (Wildman–Crippen MR) is 61.5 cm³/mol. The predicted octanol–water partition coefficient (Wildman–Crippen LogP) is 1.48. The van der Waals surface area contributed by atoms with Crippen LogP contribution in [0.3, 0.4) is 0 Å². The summed E-state index contributed by atoms with van der Waals surface area (Å²) in [5.74, 6) is 0. The van der Waals surface area contributed by atoms with Gasteiger partial charge < -0.3 is 5.73 Å². The highest BCUT2D eigenvalue weighted by Gasteiger charge is 2.21. The van der Waals surface area contributed by atoms with Crippen molar-refractivity contribution in [2.24, 2.45) is 0 Å². The number of aryl methyl sites for hydroxylation is 1. The van der Waals surface area contributed by atoms with Gasteiger partial charge in [-0.2, -0.15) is 0 Å². The minimum atomic E-state index is -3.52. The van der Waals surface area contributed by atoms with E-state index in [-0.39, 0.29) is 10.6 Å². The number of hydrogen-bond donors (Lipinski definition) is 1. The first-order valence-electron chi connectivity index (χ1n) is 4.25. The van der Waals surface area contributed by atoms with Crippen molar-refractivity contribution in [1.29, 1.82) is 0 Å². The molecule has 0 spiro atoms. The highest BCUT2D eigenvalue weighted by atomic mass is 35.5. The van der Waals surface area contributed by atoms with Crippen LogP contribution in [0.5, 0.6) is 0 Å². The van der Waals surface area contributed by atoms with Gasteiger partial charge in [0.25, 0.3) is 0 Å². The van der Waals surface area contributed by atoms with Gasteiger partial charge in [-0.05, 0) is 24.6 Å². The maximum Gasteiger partial charge on any atom is 0.244 e. The van der Waals surface area contributed by atoms with Gasteiger partial charge >= 0.3 is 0 Å². The zero-order valence-corrected chi connectivity index (χ0v) is 10.4. The van der Waals surface area contributed by atoms with Crippen molar-refractivity contribution in [3.05, 3.63) is 22.7 Å². The number of anilines is 1. The molecule has 0 aliphatic rings. The van der Waals surface area contributed by atoms with Gasteiger partial charge in [-0.1, -0.05) is 11.6 Å². The number of hydrogen-bond acceptors (Lipinski definition) is 3. The number of sulfonamides is 1. The minimum absolute atomic E-state index is 0.0445. The molecule has 1 aromatic rings. The lowest BCUT2D eigenvalue weighted by atomic mass is 10.2. The molecule has 84 valence electrons. The fraction of sp³-hybridized carbons (Fsp3) is 0.333. The van der Waals surface area contributed by atoms with Gasteiger partial charge in [0.1, 0.15) is 4.90 Å². The third-order valence-corrected chi connectivity index (χ3v) is 4.33. The Balaban J connectivity index is 3.46. The monoisotopic (exact) mass is 248 g/mol. The molecular weight excluding hydrogens is 236 g/mol. The molecule has 0 fully saturated rings. The van der Waals surface area contributed by atoms with Crippen molar-refractivity contribution >= 4 is 27.3 Å². The van der Waals surface area contributed by atoms with E-state index in [9.17, 15) is 8.42 Å². The first-order chi connectivity index (χ1) is 6.76. The highest BCUT2D eigenvalue weighted by Crippen LogP contribution is 2.27. The molecular formula is C9H13ClN2O2S. The van der Waals surface area contributed by atoms with Crippen LogP contribution >= 0.6 is 11.6 Å². The van der Waals surface area contributed by atoms with E-state index in [2.05, 4.69) is 0 Å². The fourth-order valence-corrected chi connectivity index (χ4v) is 2.35. The van der Waals surface area contributed by atoms with E-state index in [1.54, 1.807) is 13.0 Å². The first-order valence-corrected chi connectivity index (χ1v) is 6.06. The number of halogens is 1. The van der Waals surface area contributed by atoms with Crippen LogP contribution in [0, 0.1) is 6.92 Å².